The summed E-state index contributed by atoms with van der Waals surface area (Å²) < 4.78 is 11.7. The first-order valence-electron chi connectivity index (χ1n) is 6.76. The minimum Gasteiger partial charge on any atom is -0.492 e. The van der Waals surface area contributed by atoms with Gasteiger partial charge in [-0.15, -0.1) is 0 Å². The number of hydrogen-bond donors (Lipinski definition) is 1. The summed E-state index contributed by atoms with van der Waals surface area (Å²) in [6.07, 6.45) is 3.47. The van der Waals surface area contributed by atoms with Crippen molar-refractivity contribution in [1.82, 2.24) is 0 Å². The topological polar surface area (TPSA) is 62.5 Å². The van der Waals surface area contributed by atoms with Crippen LogP contribution in [-0.4, -0.2) is 23.9 Å². The first-order valence-corrected chi connectivity index (χ1v) is 6.76. The number of fused-ring (bicyclic) bond motifs is 2. The molecule has 4 heteroatoms. The van der Waals surface area contributed by atoms with Gasteiger partial charge in [-0.25, -0.2) is 0 Å². The molecule has 0 aromatic heterocycles. The Morgan fingerprint density at radius 1 is 1.37 bits per heavy atom. The summed E-state index contributed by atoms with van der Waals surface area (Å²) >= 11 is 0. The molecule has 2 saturated carbocycles. The summed E-state index contributed by atoms with van der Waals surface area (Å²) in [6.45, 7) is 0.709. The average molecular weight is 257 g/mol. The predicted molar refractivity (Wildman–Crippen MR) is 67.2 cm³/mol. The Morgan fingerprint density at radius 2 is 2.16 bits per heavy atom. The summed E-state index contributed by atoms with van der Waals surface area (Å²) in [5, 5.41) is 18.4. The molecule has 0 atom stereocenters. The molecule has 19 heavy (non-hydrogen) atoms. The van der Waals surface area contributed by atoms with Crippen molar-refractivity contribution in [1.29, 1.82) is 5.26 Å². The highest BCUT2D eigenvalue weighted by molar-refractivity contribution is 5.59. The van der Waals surface area contributed by atoms with Crippen molar-refractivity contribution >= 4 is 0 Å². The zero-order valence-corrected chi connectivity index (χ0v) is 10.6. The van der Waals surface area contributed by atoms with E-state index in [-0.39, 0.29) is 17.6 Å². The molecule has 1 spiro atoms. The molecule has 1 aromatic rings. The van der Waals surface area contributed by atoms with Crippen molar-refractivity contribution in [2.45, 2.75) is 43.3 Å². The summed E-state index contributed by atoms with van der Waals surface area (Å²) in [5.41, 5.74) is 1.86. The van der Waals surface area contributed by atoms with Crippen LogP contribution < -0.4 is 9.47 Å². The normalized spacial score (nSPS) is 29.1. The maximum Gasteiger partial charge on any atom is 0.128 e. The number of nitrogens with zero attached hydrogens (tertiary/aromatic N) is 1. The van der Waals surface area contributed by atoms with Gasteiger partial charge in [0, 0.05) is 23.8 Å². The van der Waals surface area contributed by atoms with E-state index in [1.54, 1.807) is 0 Å². The van der Waals surface area contributed by atoms with Gasteiger partial charge in [-0.2, -0.15) is 5.26 Å². The van der Waals surface area contributed by atoms with Crippen LogP contribution in [0.15, 0.2) is 12.1 Å². The van der Waals surface area contributed by atoms with E-state index in [9.17, 15) is 5.11 Å². The van der Waals surface area contributed by atoms with Crippen LogP contribution in [0.3, 0.4) is 0 Å². The Labute approximate surface area is 111 Å². The number of rotatable bonds is 2. The predicted octanol–water partition coefficient (Wildman–Crippen LogP) is 1.88. The Bertz CT molecular complexity index is 580. The van der Waals surface area contributed by atoms with Crippen LogP contribution in [0.4, 0.5) is 0 Å². The van der Waals surface area contributed by atoms with E-state index in [4.69, 9.17) is 14.7 Å². The molecular weight excluding hydrogens is 242 g/mol. The zero-order valence-electron chi connectivity index (χ0n) is 10.6. The molecule has 0 amide bonds. The van der Waals surface area contributed by atoms with E-state index < -0.39 is 0 Å². The molecule has 4 rings (SSSR count). The highest BCUT2D eigenvalue weighted by Gasteiger charge is 2.53. The van der Waals surface area contributed by atoms with Gasteiger partial charge in [-0.05, 0) is 25.0 Å². The third-order valence-electron chi connectivity index (χ3n) is 4.45. The van der Waals surface area contributed by atoms with Gasteiger partial charge >= 0.3 is 0 Å². The van der Waals surface area contributed by atoms with E-state index >= 15 is 0 Å². The van der Waals surface area contributed by atoms with Crippen molar-refractivity contribution in [2.75, 3.05) is 6.61 Å². The summed E-state index contributed by atoms with van der Waals surface area (Å²) in [5.74, 6) is 1.60. The maximum atomic E-state index is 9.35. The van der Waals surface area contributed by atoms with Crippen LogP contribution in [0.1, 0.15) is 36.8 Å². The first kappa shape index (κ1) is 11.1. The molecule has 1 aliphatic heterocycles. The molecule has 0 saturated heterocycles. The van der Waals surface area contributed by atoms with Crippen molar-refractivity contribution in [3.05, 3.63) is 23.3 Å². The van der Waals surface area contributed by atoms with Crippen molar-refractivity contribution in [3.8, 4) is 17.6 Å². The molecule has 0 radical (unpaired) electrons. The second-order valence-corrected chi connectivity index (χ2v) is 5.89. The van der Waals surface area contributed by atoms with Gasteiger partial charge in [0.1, 0.15) is 17.6 Å². The molecule has 2 fully saturated rings. The smallest absolute Gasteiger partial charge is 0.128 e. The van der Waals surface area contributed by atoms with E-state index in [2.05, 4.69) is 6.07 Å². The number of aliphatic hydroxyl groups excluding tert-OH is 1. The summed E-state index contributed by atoms with van der Waals surface area (Å²) in [4.78, 5) is 0. The van der Waals surface area contributed by atoms with Gasteiger partial charge in [0.05, 0.1) is 24.3 Å². The third-order valence-corrected chi connectivity index (χ3v) is 4.45. The zero-order chi connectivity index (χ0) is 13.0. The standard InChI is InChI=1S/C15H15NO3/c16-7-9-3-12-14(15(1-2-15)8-18-12)13(4-9)19-11-5-10(17)6-11/h3-4,10-11,17H,1-2,5-6,8H2/t10-,11+. The van der Waals surface area contributed by atoms with E-state index in [0.717, 1.165) is 29.9 Å². The maximum absolute atomic E-state index is 9.35. The second kappa shape index (κ2) is 3.64. The lowest BCUT2D eigenvalue weighted by Crippen LogP contribution is -2.37. The van der Waals surface area contributed by atoms with Gasteiger partial charge in [-0.1, -0.05) is 0 Å². The monoisotopic (exact) mass is 257 g/mol. The fourth-order valence-electron chi connectivity index (χ4n) is 3.03. The molecule has 1 aromatic carbocycles. The Kier molecular flexibility index (Phi) is 2.13. The SMILES string of the molecule is N#Cc1cc2c(c(O[C@H]3C[C@@H](O)C3)c1)C1(CC1)CO2. The number of benzene rings is 1. The highest BCUT2D eigenvalue weighted by atomic mass is 16.5. The Balaban J connectivity index is 1.72. The van der Waals surface area contributed by atoms with Gasteiger partial charge in [0.25, 0.3) is 0 Å². The lowest BCUT2D eigenvalue weighted by Gasteiger charge is -2.32. The third kappa shape index (κ3) is 1.62. The van der Waals surface area contributed by atoms with Gasteiger partial charge in [-0.3, -0.25) is 0 Å². The second-order valence-electron chi connectivity index (χ2n) is 5.89. The molecule has 98 valence electrons. The van der Waals surface area contributed by atoms with E-state index in [1.165, 1.54) is 0 Å². The number of ether oxygens (including phenoxy) is 2. The minimum absolute atomic E-state index is 0.0736. The Morgan fingerprint density at radius 3 is 2.79 bits per heavy atom. The molecule has 1 heterocycles. The van der Waals surface area contributed by atoms with Gasteiger partial charge in [0.15, 0.2) is 0 Å². The molecule has 1 N–H and O–H groups in total. The van der Waals surface area contributed by atoms with Crippen molar-refractivity contribution < 1.29 is 14.6 Å². The van der Waals surface area contributed by atoms with Gasteiger partial charge in [0.2, 0.25) is 0 Å². The lowest BCUT2D eigenvalue weighted by atomic mass is 9.91. The fourth-order valence-corrected chi connectivity index (χ4v) is 3.03. The molecular formula is C15H15NO3. The molecule has 4 nitrogen and oxygen atoms in total. The summed E-state index contributed by atoms with van der Waals surface area (Å²) in [7, 11) is 0. The number of nitriles is 1. The lowest BCUT2D eigenvalue weighted by molar-refractivity contribution is -0.0113. The molecule has 0 unspecified atom stereocenters. The van der Waals surface area contributed by atoms with Crippen molar-refractivity contribution in [3.63, 3.8) is 0 Å². The minimum atomic E-state index is -0.233. The summed E-state index contributed by atoms with van der Waals surface area (Å²) in [6, 6.07) is 5.78. The highest BCUT2D eigenvalue weighted by Crippen LogP contribution is 2.59. The Hall–Kier alpha value is -1.73. The van der Waals surface area contributed by atoms with E-state index in [0.29, 0.717) is 25.0 Å². The molecule has 3 aliphatic rings. The van der Waals surface area contributed by atoms with E-state index in [1.807, 2.05) is 12.1 Å². The van der Waals surface area contributed by atoms with Gasteiger partial charge < -0.3 is 14.6 Å². The van der Waals surface area contributed by atoms with Crippen LogP contribution in [0.2, 0.25) is 0 Å². The van der Waals surface area contributed by atoms with Crippen molar-refractivity contribution in [2.24, 2.45) is 0 Å². The number of hydrogen-bond acceptors (Lipinski definition) is 4. The van der Waals surface area contributed by atoms with Crippen LogP contribution in [0, 0.1) is 11.3 Å². The van der Waals surface area contributed by atoms with Crippen LogP contribution in [0.5, 0.6) is 11.5 Å². The average Bonchev–Trinajstić information content (AvgIpc) is 3.04. The van der Waals surface area contributed by atoms with Crippen LogP contribution >= 0.6 is 0 Å². The largest absolute Gasteiger partial charge is 0.492 e. The molecule has 2 aliphatic carbocycles. The fraction of sp³-hybridized carbons (Fsp3) is 0.533. The first-order chi connectivity index (χ1) is 9.20. The quantitative estimate of drug-likeness (QED) is 0.878. The molecule has 0 bridgehead atoms. The van der Waals surface area contributed by atoms with Crippen LogP contribution in [0.25, 0.3) is 0 Å². The van der Waals surface area contributed by atoms with Crippen LogP contribution in [-0.2, 0) is 5.41 Å². The number of aliphatic hydroxyl groups is 1.